The Morgan fingerprint density at radius 2 is 1.79 bits per heavy atom. The van der Waals surface area contributed by atoms with Crippen LogP contribution in [0.15, 0.2) is 0 Å². The summed E-state index contributed by atoms with van der Waals surface area (Å²) in [6, 6.07) is 0.980. The molecule has 0 aromatic carbocycles. The van der Waals surface area contributed by atoms with E-state index in [4.69, 9.17) is 14.2 Å². The minimum atomic E-state index is -0.167. The van der Waals surface area contributed by atoms with Gasteiger partial charge in [0.1, 0.15) is 0 Å². The van der Waals surface area contributed by atoms with Crippen LogP contribution in [-0.2, 0) is 23.8 Å². The number of nitrogens with zero attached hydrogens (tertiary/aromatic N) is 2. The van der Waals surface area contributed by atoms with E-state index in [0.717, 1.165) is 84.7 Å². The van der Waals surface area contributed by atoms with Crippen molar-refractivity contribution in [1.82, 2.24) is 20.4 Å². The monoisotopic (exact) mass is 536 g/mol. The van der Waals surface area contributed by atoms with Gasteiger partial charge >= 0.3 is 0 Å². The number of piperidine rings is 1. The van der Waals surface area contributed by atoms with E-state index in [-0.39, 0.29) is 47.6 Å². The van der Waals surface area contributed by atoms with Crippen LogP contribution in [0, 0.1) is 23.7 Å². The normalized spacial score (nSPS) is 35.7. The Hall–Kier alpha value is -1.26. The van der Waals surface area contributed by atoms with Crippen LogP contribution in [0.3, 0.4) is 0 Å². The van der Waals surface area contributed by atoms with E-state index in [1.807, 2.05) is 6.92 Å². The fraction of sp³-hybridized carbons (Fsp3) is 0.931. The first kappa shape index (κ1) is 29.7. The third kappa shape index (κ3) is 7.68. The van der Waals surface area contributed by atoms with Gasteiger partial charge in [-0.05, 0) is 57.4 Å². The molecule has 0 aromatic heterocycles. The lowest BCUT2D eigenvalue weighted by Gasteiger charge is -2.48. The molecular weight excluding hydrogens is 484 g/mol. The molecule has 38 heavy (non-hydrogen) atoms. The van der Waals surface area contributed by atoms with Gasteiger partial charge in [0.15, 0.2) is 0 Å². The zero-order chi connectivity index (χ0) is 27.1. The number of morpholine rings is 1. The van der Waals surface area contributed by atoms with Crippen molar-refractivity contribution in [2.24, 2.45) is 23.7 Å². The summed E-state index contributed by atoms with van der Waals surface area (Å²) in [7, 11) is 0. The van der Waals surface area contributed by atoms with E-state index in [0.29, 0.717) is 25.2 Å². The summed E-state index contributed by atoms with van der Waals surface area (Å²) >= 11 is 0. The maximum absolute atomic E-state index is 13.7. The minimum absolute atomic E-state index is 0.0552. The molecule has 2 N–H and O–H groups in total. The van der Waals surface area contributed by atoms with Crippen LogP contribution in [-0.4, -0.2) is 112 Å². The lowest BCUT2D eigenvalue weighted by molar-refractivity contribution is -0.136. The van der Waals surface area contributed by atoms with Gasteiger partial charge in [-0.25, -0.2) is 0 Å². The summed E-state index contributed by atoms with van der Waals surface area (Å²) in [6.45, 7) is 16.7. The quantitative estimate of drug-likeness (QED) is 0.441. The Kier molecular flexibility index (Phi) is 11.3. The average molecular weight is 537 g/mol. The molecule has 2 amide bonds. The molecule has 1 saturated carbocycles. The Labute approximate surface area is 229 Å². The van der Waals surface area contributed by atoms with Crippen LogP contribution in [0.4, 0.5) is 0 Å². The molecule has 218 valence electrons. The van der Waals surface area contributed by atoms with Gasteiger partial charge in [-0.1, -0.05) is 20.8 Å². The highest BCUT2D eigenvalue weighted by molar-refractivity contribution is 5.83. The Bertz CT molecular complexity index is 757. The second-order valence-electron chi connectivity index (χ2n) is 12.1. The first-order chi connectivity index (χ1) is 18.4. The van der Waals surface area contributed by atoms with Crippen molar-refractivity contribution >= 4 is 11.8 Å². The SMILES string of the molecule is CCN(C1CCOCC1)C1CC(OCCN2CCOCC2)CC(C(=O)NCC2C(=O)NC(C)CC2C)C1C. The molecule has 0 radical (unpaired) electrons. The third-order valence-corrected chi connectivity index (χ3v) is 9.55. The molecule has 4 fully saturated rings. The second kappa shape index (κ2) is 14.4. The molecule has 3 saturated heterocycles. The Morgan fingerprint density at radius 1 is 1.08 bits per heavy atom. The van der Waals surface area contributed by atoms with Crippen LogP contribution >= 0.6 is 0 Å². The number of hydrogen-bond donors (Lipinski definition) is 2. The summed E-state index contributed by atoms with van der Waals surface area (Å²) in [5.74, 6) is 0.319. The number of ether oxygens (including phenoxy) is 3. The fourth-order valence-corrected chi connectivity index (χ4v) is 7.24. The highest BCUT2D eigenvalue weighted by Gasteiger charge is 2.43. The number of hydrogen-bond acceptors (Lipinski definition) is 7. The van der Waals surface area contributed by atoms with Crippen LogP contribution < -0.4 is 10.6 Å². The number of amides is 2. The maximum atomic E-state index is 13.7. The summed E-state index contributed by atoms with van der Waals surface area (Å²) in [4.78, 5) is 31.3. The fourth-order valence-electron chi connectivity index (χ4n) is 7.24. The van der Waals surface area contributed by atoms with Gasteiger partial charge in [-0.15, -0.1) is 0 Å². The van der Waals surface area contributed by atoms with Crippen molar-refractivity contribution in [3.05, 3.63) is 0 Å². The van der Waals surface area contributed by atoms with Crippen molar-refractivity contribution in [2.45, 2.75) is 84.0 Å². The standard InChI is InChI=1S/C29H52N4O5/c1-5-33(23-6-11-36-12-7-23)27-18-24(38-15-10-32-8-13-37-14-9-32)17-25(22(27)4)28(34)30-19-26-20(2)16-21(3)31-29(26)35/h20-27H,5-19H2,1-4H3,(H,30,34)(H,31,35). The van der Waals surface area contributed by atoms with Crippen molar-refractivity contribution in [3.63, 3.8) is 0 Å². The van der Waals surface area contributed by atoms with Gasteiger partial charge in [0, 0.05) is 63.4 Å². The van der Waals surface area contributed by atoms with E-state index in [2.05, 4.69) is 41.2 Å². The summed E-state index contributed by atoms with van der Waals surface area (Å²) in [5.41, 5.74) is 0. The van der Waals surface area contributed by atoms with Crippen molar-refractivity contribution in [1.29, 1.82) is 0 Å². The van der Waals surface area contributed by atoms with Crippen molar-refractivity contribution < 1.29 is 23.8 Å². The van der Waals surface area contributed by atoms with E-state index in [1.54, 1.807) is 0 Å². The molecule has 1 aliphatic carbocycles. The number of rotatable bonds is 10. The van der Waals surface area contributed by atoms with Gasteiger partial charge in [0.25, 0.3) is 0 Å². The molecular formula is C29H52N4O5. The molecule has 7 unspecified atom stereocenters. The molecule has 0 spiro atoms. The van der Waals surface area contributed by atoms with Crippen LogP contribution in [0.5, 0.6) is 0 Å². The van der Waals surface area contributed by atoms with Crippen LogP contribution in [0.2, 0.25) is 0 Å². The van der Waals surface area contributed by atoms with Gasteiger partial charge in [0.2, 0.25) is 11.8 Å². The van der Waals surface area contributed by atoms with Crippen molar-refractivity contribution in [2.75, 3.05) is 65.8 Å². The number of carbonyl (C=O) groups excluding carboxylic acids is 2. The highest BCUT2D eigenvalue weighted by Crippen LogP contribution is 2.37. The van der Waals surface area contributed by atoms with Crippen molar-refractivity contribution in [3.8, 4) is 0 Å². The van der Waals surface area contributed by atoms with E-state index >= 15 is 0 Å². The highest BCUT2D eigenvalue weighted by atomic mass is 16.5. The minimum Gasteiger partial charge on any atom is -0.381 e. The van der Waals surface area contributed by atoms with E-state index in [9.17, 15) is 9.59 Å². The molecule has 7 atom stereocenters. The predicted octanol–water partition coefficient (Wildman–Crippen LogP) is 1.90. The Morgan fingerprint density at radius 3 is 2.47 bits per heavy atom. The zero-order valence-electron chi connectivity index (χ0n) is 24.2. The predicted molar refractivity (Wildman–Crippen MR) is 147 cm³/mol. The number of carbonyl (C=O) groups is 2. The lowest BCUT2D eigenvalue weighted by Crippen LogP contribution is -2.56. The first-order valence-electron chi connectivity index (χ1n) is 15.2. The average Bonchev–Trinajstić information content (AvgIpc) is 2.91. The molecule has 4 rings (SSSR count). The van der Waals surface area contributed by atoms with Gasteiger partial charge in [-0.3, -0.25) is 19.4 Å². The van der Waals surface area contributed by atoms with E-state index < -0.39 is 0 Å². The molecule has 0 aromatic rings. The van der Waals surface area contributed by atoms with Gasteiger partial charge < -0.3 is 24.8 Å². The van der Waals surface area contributed by atoms with Gasteiger partial charge in [0.05, 0.1) is 31.8 Å². The van der Waals surface area contributed by atoms with Crippen LogP contribution in [0.1, 0.15) is 59.8 Å². The summed E-state index contributed by atoms with van der Waals surface area (Å²) in [5, 5.41) is 6.25. The number of nitrogens with one attached hydrogen (secondary N) is 2. The van der Waals surface area contributed by atoms with Gasteiger partial charge in [-0.2, -0.15) is 0 Å². The molecule has 9 nitrogen and oxygen atoms in total. The summed E-state index contributed by atoms with van der Waals surface area (Å²) < 4.78 is 17.6. The Balaban J connectivity index is 1.41. The van der Waals surface area contributed by atoms with E-state index in [1.165, 1.54) is 0 Å². The second-order valence-corrected chi connectivity index (χ2v) is 12.1. The molecule has 3 aliphatic heterocycles. The maximum Gasteiger partial charge on any atom is 0.225 e. The molecule has 0 bridgehead atoms. The topological polar surface area (TPSA) is 92.4 Å². The first-order valence-corrected chi connectivity index (χ1v) is 15.2. The third-order valence-electron chi connectivity index (χ3n) is 9.55. The summed E-state index contributed by atoms with van der Waals surface area (Å²) in [6.07, 6.45) is 4.79. The smallest absolute Gasteiger partial charge is 0.225 e. The lowest BCUT2D eigenvalue weighted by atomic mass is 9.73. The largest absolute Gasteiger partial charge is 0.381 e. The van der Waals surface area contributed by atoms with Crippen LogP contribution in [0.25, 0.3) is 0 Å². The zero-order valence-corrected chi connectivity index (χ0v) is 24.2. The molecule has 9 heteroatoms. The molecule has 3 heterocycles. The molecule has 4 aliphatic rings.